The molecule has 1 N–H and O–H groups in total. The van der Waals surface area contributed by atoms with E-state index < -0.39 is 0 Å². The maximum Gasteiger partial charge on any atom is 0.260 e. The van der Waals surface area contributed by atoms with Gasteiger partial charge in [0, 0.05) is 25.7 Å². The standard InChI is InChI=1S/C15H22N2O2.ClH/c1-3-13-4-6-14(7-5-13)19-11-15(18)17-9-8-16-10-12(17)2;/h4-7,12,16H,3,8-11H2,1-2H3;1H/t12-;/m0./s1. The molecule has 1 heterocycles. The summed E-state index contributed by atoms with van der Waals surface area (Å²) in [6.07, 6.45) is 1.01. The first kappa shape index (κ1) is 16.8. The molecule has 5 heteroatoms. The van der Waals surface area contributed by atoms with Gasteiger partial charge < -0.3 is 15.0 Å². The summed E-state index contributed by atoms with van der Waals surface area (Å²) in [5.41, 5.74) is 1.27. The normalized spacial score (nSPS) is 18.3. The van der Waals surface area contributed by atoms with Crippen LogP contribution in [0.2, 0.25) is 0 Å². The number of benzene rings is 1. The Bertz CT molecular complexity index is 422. The van der Waals surface area contributed by atoms with Crippen LogP contribution in [0.15, 0.2) is 24.3 Å². The molecule has 1 amide bonds. The molecule has 1 aliphatic rings. The largest absolute Gasteiger partial charge is 0.484 e. The summed E-state index contributed by atoms with van der Waals surface area (Å²) >= 11 is 0. The lowest BCUT2D eigenvalue weighted by atomic mass is 10.2. The van der Waals surface area contributed by atoms with E-state index >= 15 is 0 Å². The number of rotatable bonds is 4. The van der Waals surface area contributed by atoms with Crippen molar-refractivity contribution in [3.8, 4) is 5.75 Å². The fourth-order valence-electron chi connectivity index (χ4n) is 2.26. The Balaban J connectivity index is 0.00000200. The lowest BCUT2D eigenvalue weighted by Gasteiger charge is -2.33. The first-order valence-corrected chi connectivity index (χ1v) is 6.92. The number of amides is 1. The monoisotopic (exact) mass is 298 g/mol. The number of halogens is 1. The summed E-state index contributed by atoms with van der Waals surface area (Å²) < 4.78 is 5.56. The molecule has 0 aromatic heterocycles. The summed E-state index contributed by atoms with van der Waals surface area (Å²) in [6, 6.07) is 8.16. The van der Waals surface area contributed by atoms with E-state index in [0.29, 0.717) is 0 Å². The van der Waals surface area contributed by atoms with Crippen LogP contribution in [0.4, 0.5) is 0 Å². The molecule has 1 aromatic carbocycles. The third-order valence-corrected chi connectivity index (χ3v) is 3.52. The molecule has 0 spiro atoms. The van der Waals surface area contributed by atoms with Crippen LogP contribution in [0.3, 0.4) is 0 Å². The highest BCUT2D eigenvalue weighted by Gasteiger charge is 2.22. The van der Waals surface area contributed by atoms with Crippen LogP contribution in [-0.2, 0) is 11.2 Å². The third-order valence-electron chi connectivity index (χ3n) is 3.52. The predicted octanol–water partition coefficient (Wildman–Crippen LogP) is 1.87. The molecule has 2 rings (SSSR count). The third kappa shape index (κ3) is 4.39. The van der Waals surface area contributed by atoms with Gasteiger partial charge in [0.15, 0.2) is 6.61 Å². The number of nitrogens with one attached hydrogen (secondary N) is 1. The number of piperazine rings is 1. The Hall–Kier alpha value is -1.26. The first-order chi connectivity index (χ1) is 9.20. The lowest BCUT2D eigenvalue weighted by molar-refractivity contribution is -0.136. The average molecular weight is 299 g/mol. The number of ether oxygens (including phenoxy) is 1. The van der Waals surface area contributed by atoms with Crippen molar-refractivity contribution in [3.05, 3.63) is 29.8 Å². The fraction of sp³-hybridized carbons (Fsp3) is 0.533. The van der Waals surface area contributed by atoms with Gasteiger partial charge in [-0.2, -0.15) is 0 Å². The average Bonchev–Trinajstić information content (AvgIpc) is 2.46. The molecule has 0 bridgehead atoms. The number of carbonyl (C=O) groups is 1. The molecule has 0 radical (unpaired) electrons. The van der Waals surface area contributed by atoms with Crippen molar-refractivity contribution >= 4 is 18.3 Å². The summed E-state index contributed by atoms with van der Waals surface area (Å²) in [6.45, 7) is 6.78. The van der Waals surface area contributed by atoms with E-state index in [4.69, 9.17) is 4.74 Å². The maximum atomic E-state index is 12.1. The van der Waals surface area contributed by atoms with Crippen LogP contribution in [0.1, 0.15) is 19.4 Å². The van der Waals surface area contributed by atoms with Crippen molar-refractivity contribution in [2.75, 3.05) is 26.2 Å². The molecule has 112 valence electrons. The number of nitrogens with zero attached hydrogens (tertiary/aromatic N) is 1. The van der Waals surface area contributed by atoms with E-state index in [9.17, 15) is 4.79 Å². The zero-order valence-corrected chi connectivity index (χ0v) is 12.9. The highest BCUT2D eigenvalue weighted by atomic mass is 35.5. The molecule has 4 nitrogen and oxygen atoms in total. The van der Waals surface area contributed by atoms with Crippen LogP contribution >= 0.6 is 12.4 Å². The molecule has 0 unspecified atom stereocenters. The quantitative estimate of drug-likeness (QED) is 0.923. The Morgan fingerprint density at radius 2 is 2.10 bits per heavy atom. The minimum absolute atomic E-state index is 0. The highest BCUT2D eigenvalue weighted by molar-refractivity contribution is 5.85. The van der Waals surface area contributed by atoms with Gasteiger partial charge in [0.1, 0.15) is 5.75 Å². The minimum Gasteiger partial charge on any atom is -0.484 e. The van der Waals surface area contributed by atoms with Gasteiger partial charge in [0.2, 0.25) is 0 Å². The Kier molecular flexibility index (Phi) is 6.82. The van der Waals surface area contributed by atoms with Crippen LogP contribution < -0.4 is 10.1 Å². The summed E-state index contributed by atoms with van der Waals surface area (Å²) in [5, 5.41) is 3.27. The summed E-state index contributed by atoms with van der Waals surface area (Å²) in [5.74, 6) is 0.821. The molecule has 1 saturated heterocycles. The van der Waals surface area contributed by atoms with Crippen LogP contribution in [0.25, 0.3) is 0 Å². The molecule has 0 aliphatic carbocycles. The van der Waals surface area contributed by atoms with Gasteiger partial charge in [-0.1, -0.05) is 19.1 Å². The van der Waals surface area contributed by atoms with Gasteiger partial charge in [-0.15, -0.1) is 12.4 Å². The van der Waals surface area contributed by atoms with Crippen LogP contribution in [-0.4, -0.2) is 43.1 Å². The molecule has 1 aromatic rings. The van der Waals surface area contributed by atoms with Gasteiger partial charge in [0.05, 0.1) is 0 Å². The number of aryl methyl sites for hydroxylation is 1. The molecule has 20 heavy (non-hydrogen) atoms. The zero-order chi connectivity index (χ0) is 13.7. The van der Waals surface area contributed by atoms with E-state index in [-0.39, 0.29) is 31.0 Å². The van der Waals surface area contributed by atoms with Crippen LogP contribution in [0, 0.1) is 0 Å². The van der Waals surface area contributed by atoms with E-state index in [1.807, 2.05) is 29.2 Å². The van der Waals surface area contributed by atoms with E-state index in [1.165, 1.54) is 5.56 Å². The highest BCUT2D eigenvalue weighted by Crippen LogP contribution is 2.13. The van der Waals surface area contributed by atoms with E-state index in [1.54, 1.807) is 0 Å². The Labute approximate surface area is 126 Å². The molecule has 0 saturated carbocycles. The SMILES string of the molecule is CCc1ccc(OCC(=O)N2CCNC[C@@H]2C)cc1.Cl. The summed E-state index contributed by atoms with van der Waals surface area (Å²) in [7, 11) is 0. The van der Waals surface area contributed by atoms with Gasteiger partial charge in [-0.3, -0.25) is 4.79 Å². The predicted molar refractivity (Wildman–Crippen MR) is 82.6 cm³/mol. The van der Waals surface area contributed by atoms with Crippen LogP contribution in [0.5, 0.6) is 5.75 Å². The van der Waals surface area contributed by atoms with Crippen molar-refractivity contribution < 1.29 is 9.53 Å². The van der Waals surface area contributed by atoms with Gasteiger partial charge in [-0.25, -0.2) is 0 Å². The van der Waals surface area contributed by atoms with Gasteiger partial charge >= 0.3 is 0 Å². The Morgan fingerprint density at radius 1 is 1.40 bits per heavy atom. The van der Waals surface area contributed by atoms with E-state index in [2.05, 4.69) is 19.2 Å². The molecule has 1 fully saturated rings. The molecule has 1 aliphatic heterocycles. The van der Waals surface area contributed by atoms with Gasteiger partial charge in [-0.05, 0) is 31.0 Å². The lowest BCUT2D eigenvalue weighted by Crippen LogP contribution is -2.53. The Morgan fingerprint density at radius 3 is 2.70 bits per heavy atom. The smallest absolute Gasteiger partial charge is 0.260 e. The minimum atomic E-state index is 0. The van der Waals surface area contributed by atoms with Gasteiger partial charge in [0.25, 0.3) is 5.91 Å². The second-order valence-corrected chi connectivity index (χ2v) is 4.93. The number of hydrogen-bond acceptors (Lipinski definition) is 3. The van der Waals surface area contributed by atoms with Crippen molar-refractivity contribution in [3.63, 3.8) is 0 Å². The number of hydrogen-bond donors (Lipinski definition) is 1. The summed E-state index contributed by atoms with van der Waals surface area (Å²) in [4.78, 5) is 14.0. The first-order valence-electron chi connectivity index (χ1n) is 6.92. The molecular formula is C15H23ClN2O2. The molecule has 1 atom stereocenters. The second-order valence-electron chi connectivity index (χ2n) is 4.93. The van der Waals surface area contributed by atoms with E-state index in [0.717, 1.165) is 31.8 Å². The van der Waals surface area contributed by atoms with Crippen molar-refractivity contribution in [1.82, 2.24) is 10.2 Å². The molecular weight excluding hydrogens is 276 g/mol. The zero-order valence-electron chi connectivity index (χ0n) is 12.1. The van der Waals surface area contributed by atoms with Crippen molar-refractivity contribution in [2.24, 2.45) is 0 Å². The fourth-order valence-corrected chi connectivity index (χ4v) is 2.26. The number of carbonyl (C=O) groups excluding carboxylic acids is 1. The van der Waals surface area contributed by atoms with Crippen molar-refractivity contribution in [1.29, 1.82) is 0 Å². The topological polar surface area (TPSA) is 41.6 Å². The van der Waals surface area contributed by atoms with Crippen molar-refractivity contribution in [2.45, 2.75) is 26.3 Å². The second kappa shape index (κ2) is 8.12. The maximum absolute atomic E-state index is 12.1.